The van der Waals surface area contributed by atoms with E-state index in [9.17, 15) is 4.79 Å². The van der Waals surface area contributed by atoms with Gasteiger partial charge in [-0.1, -0.05) is 0 Å². The zero-order valence-electron chi connectivity index (χ0n) is 11.9. The summed E-state index contributed by atoms with van der Waals surface area (Å²) in [5.41, 5.74) is 0.632. The molecule has 1 heterocycles. The highest BCUT2D eigenvalue weighted by molar-refractivity contribution is 5.82. The lowest BCUT2D eigenvalue weighted by Gasteiger charge is -2.39. The van der Waals surface area contributed by atoms with Crippen molar-refractivity contribution >= 4 is 5.91 Å². The highest BCUT2D eigenvalue weighted by Gasteiger charge is 2.53. The van der Waals surface area contributed by atoms with Crippen LogP contribution in [0.1, 0.15) is 24.8 Å². The summed E-state index contributed by atoms with van der Waals surface area (Å²) >= 11 is 0. The number of carbonyl (C=O) groups excluding carboxylic acids is 1. The first-order valence-corrected chi connectivity index (χ1v) is 7.70. The summed E-state index contributed by atoms with van der Waals surface area (Å²) in [5, 5.41) is 8.75. The maximum Gasteiger partial charge on any atom is 0.226 e. The molecule has 2 unspecified atom stereocenters. The van der Waals surface area contributed by atoms with Crippen LogP contribution >= 0.6 is 0 Å². The summed E-state index contributed by atoms with van der Waals surface area (Å²) in [7, 11) is 0. The van der Waals surface area contributed by atoms with Crippen LogP contribution in [0.3, 0.4) is 0 Å². The summed E-state index contributed by atoms with van der Waals surface area (Å²) in [4.78, 5) is 14.2. The second-order valence-corrected chi connectivity index (χ2v) is 6.46. The third-order valence-electron chi connectivity index (χ3n) is 4.83. The Kier molecular flexibility index (Phi) is 2.88. The van der Waals surface area contributed by atoms with Gasteiger partial charge in [0.1, 0.15) is 11.9 Å². The molecule has 0 radical (unpaired) electrons. The Balaban J connectivity index is 1.25. The van der Waals surface area contributed by atoms with Gasteiger partial charge in [0, 0.05) is 5.92 Å². The highest BCUT2D eigenvalue weighted by Crippen LogP contribution is 2.55. The Morgan fingerprint density at radius 2 is 1.95 bits per heavy atom. The van der Waals surface area contributed by atoms with E-state index in [-0.39, 0.29) is 6.10 Å². The first-order chi connectivity index (χ1) is 10.2. The number of likely N-dealkylation sites (tertiary alicyclic amines) is 1. The van der Waals surface area contributed by atoms with Crippen molar-refractivity contribution in [2.75, 3.05) is 13.1 Å². The third-order valence-corrected chi connectivity index (χ3v) is 4.83. The monoisotopic (exact) mass is 282 g/mol. The van der Waals surface area contributed by atoms with Gasteiger partial charge in [0.15, 0.2) is 0 Å². The molecule has 1 aliphatic heterocycles. The van der Waals surface area contributed by atoms with Crippen LogP contribution in [0.25, 0.3) is 0 Å². The molecule has 3 aliphatic rings. The first kappa shape index (κ1) is 12.7. The number of amides is 1. The first-order valence-electron chi connectivity index (χ1n) is 7.70. The molecule has 1 saturated heterocycles. The van der Waals surface area contributed by atoms with Crippen LogP contribution in [0.4, 0.5) is 0 Å². The van der Waals surface area contributed by atoms with Gasteiger partial charge in [-0.25, -0.2) is 0 Å². The second kappa shape index (κ2) is 4.77. The van der Waals surface area contributed by atoms with E-state index in [0.717, 1.165) is 18.1 Å². The SMILES string of the molecule is N#Cc1ccc(OC2CN(C(=O)C3CC3C3CC3)C2)cc1. The van der Waals surface area contributed by atoms with E-state index >= 15 is 0 Å². The fourth-order valence-corrected chi connectivity index (χ4v) is 3.27. The minimum absolute atomic E-state index is 0.0972. The average Bonchev–Trinajstić information content (AvgIpc) is 3.34. The average molecular weight is 282 g/mol. The van der Waals surface area contributed by atoms with Crippen molar-refractivity contribution in [2.24, 2.45) is 17.8 Å². The van der Waals surface area contributed by atoms with Gasteiger partial charge >= 0.3 is 0 Å². The lowest BCUT2D eigenvalue weighted by Crippen LogP contribution is -2.56. The number of ether oxygens (including phenoxy) is 1. The van der Waals surface area contributed by atoms with Crippen molar-refractivity contribution in [3.8, 4) is 11.8 Å². The molecule has 2 aliphatic carbocycles. The van der Waals surface area contributed by atoms with Crippen LogP contribution in [0, 0.1) is 29.1 Å². The van der Waals surface area contributed by atoms with Crippen LogP contribution < -0.4 is 4.74 Å². The molecular formula is C17H18N2O2. The summed E-state index contributed by atoms with van der Waals surface area (Å²) in [5.74, 6) is 2.97. The van der Waals surface area contributed by atoms with Gasteiger partial charge in [-0.05, 0) is 55.4 Å². The van der Waals surface area contributed by atoms with E-state index in [1.165, 1.54) is 12.8 Å². The molecule has 4 nitrogen and oxygen atoms in total. The van der Waals surface area contributed by atoms with E-state index in [2.05, 4.69) is 6.07 Å². The topological polar surface area (TPSA) is 53.3 Å². The van der Waals surface area contributed by atoms with Gasteiger partial charge in [0.25, 0.3) is 0 Å². The normalized spacial score (nSPS) is 27.7. The van der Waals surface area contributed by atoms with Crippen LogP contribution in [-0.2, 0) is 4.79 Å². The van der Waals surface area contributed by atoms with Gasteiger partial charge in [0.2, 0.25) is 5.91 Å². The number of hydrogen-bond donors (Lipinski definition) is 0. The van der Waals surface area contributed by atoms with Crippen LogP contribution in [0.2, 0.25) is 0 Å². The molecule has 21 heavy (non-hydrogen) atoms. The Labute approximate surface area is 124 Å². The van der Waals surface area contributed by atoms with E-state index in [4.69, 9.17) is 10.00 Å². The predicted molar refractivity (Wildman–Crippen MR) is 76.5 cm³/mol. The minimum atomic E-state index is 0.0972. The van der Waals surface area contributed by atoms with Crippen molar-refractivity contribution < 1.29 is 9.53 Å². The molecule has 1 aromatic rings. The third kappa shape index (κ3) is 2.49. The van der Waals surface area contributed by atoms with E-state index in [1.807, 2.05) is 17.0 Å². The zero-order chi connectivity index (χ0) is 14.4. The number of benzene rings is 1. The molecule has 1 amide bonds. The second-order valence-electron chi connectivity index (χ2n) is 6.46. The van der Waals surface area contributed by atoms with E-state index < -0.39 is 0 Å². The maximum absolute atomic E-state index is 12.2. The molecule has 1 aromatic carbocycles. The summed E-state index contributed by atoms with van der Waals surface area (Å²) in [6.45, 7) is 1.40. The van der Waals surface area contributed by atoms with Crippen molar-refractivity contribution in [1.82, 2.24) is 4.90 Å². The Hall–Kier alpha value is -2.02. The highest BCUT2D eigenvalue weighted by atomic mass is 16.5. The van der Waals surface area contributed by atoms with Gasteiger partial charge in [0.05, 0.1) is 24.7 Å². The van der Waals surface area contributed by atoms with Gasteiger partial charge in [-0.15, -0.1) is 0 Å². The molecule has 2 saturated carbocycles. The largest absolute Gasteiger partial charge is 0.487 e. The number of carbonyl (C=O) groups is 1. The molecule has 0 bridgehead atoms. The molecule has 108 valence electrons. The Morgan fingerprint density at radius 3 is 2.57 bits per heavy atom. The summed E-state index contributed by atoms with van der Waals surface area (Å²) in [6.07, 6.45) is 3.87. The number of hydrogen-bond acceptors (Lipinski definition) is 3. The molecule has 0 N–H and O–H groups in total. The van der Waals surface area contributed by atoms with Gasteiger partial charge in [-0.3, -0.25) is 4.79 Å². The number of rotatable bonds is 4. The van der Waals surface area contributed by atoms with Crippen molar-refractivity contribution in [1.29, 1.82) is 5.26 Å². The molecule has 0 spiro atoms. The van der Waals surface area contributed by atoms with Crippen LogP contribution in [-0.4, -0.2) is 30.0 Å². The van der Waals surface area contributed by atoms with Crippen LogP contribution in [0.5, 0.6) is 5.75 Å². The number of nitriles is 1. The van der Waals surface area contributed by atoms with Crippen molar-refractivity contribution in [2.45, 2.75) is 25.4 Å². The summed E-state index contributed by atoms with van der Waals surface area (Å²) in [6, 6.07) is 9.21. The lowest BCUT2D eigenvalue weighted by molar-refractivity contribution is -0.141. The minimum Gasteiger partial charge on any atom is -0.487 e. The Bertz CT molecular complexity index is 594. The smallest absolute Gasteiger partial charge is 0.226 e. The quantitative estimate of drug-likeness (QED) is 0.850. The number of nitrogens with zero attached hydrogens (tertiary/aromatic N) is 2. The zero-order valence-corrected chi connectivity index (χ0v) is 11.9. The van der Waals surface area contributed by atoms with Crippen molar-refractivity contribution in [3.05, 3.63) is 29.8 Å². The predicted octanol–water partition coefficient (Wildman–Crippen LogP) is 2.19. The van der Waals surface area contributed by atoms with E-state index in [0.29, 0.717) is 36.4 Å². The van der Waals surface area contributed by atoms with Crippen molar-refractivity contribution in [3.63, 3.8) is 0 Å². The van der Waals surface area contributed by atoms with Gasteiger partial charge in [-0.2, -0.15) is 5.26 Å². The fraction of sp³-hybridized carbons (Fsp3) is 0.529. The van der Waals surface area contributed by atoms with Crippen LogP contribution in [0.15, 0.2) is 24.3 Å². The molecule has 0 aromatic heterocycles. The summed E-state index contributed by atoms with van der Waals surface area (Å²) < 4.78 is 5.81. The molecule has 4 rings (SSSR count). The molecule has 2 atom stereocenters. The standard InChI is InChI=1S/C17H18N2O2/c18-8-11-1-5-13(6-2-11)21-14-9-19(10-14)17(20)16-7-15(16)12-3-4-12/h1-2,5-6,12,14-16H,3-4,7,9-10H2. The van der Waals surface area contributed by atoms with Gasteiger partial charge < -0.3 is 9.64 Å². The fourth-order valence-electron chi connectivity index (χ4n) is 3.27. The molecular weight excluding hydrogens is 264 g/mol. The molecule has 4 heteroatoms. The molecule has 3 fully saturated rings. The van der Waals surface area contributed by atoms with E-state index in [1.54, 1.807) is 12.1 Å². The lowest BCUT2D eigenvalue weighted by atomic mass is 10.1. The maximum atomic E-state index is 12.2. The Morgan fingerprint density at radius 1 is 1.24 bits per heavy atom.